The minimum atomic E-state index is -0.811. The zero-order valence-electron chi connectivity index (χ0n) is 5.96. The highest BCUT2D eigenvalue weighted by atomic mass is 16.5. The molecule has 56 valence electrons. The van der Waals surface area contributed by atoms with Gasteiger partial charge in [0.2, 0.25) is 0 Å². The number of carbonyl (C=O) groups is 1. The molecule has 1 aliphatic heterocycles. The summed E-state index contributed by atoms with van der Waals surface area (Å²) in [6.07, 6.45) is 1.27. The summed E-state index contributed by atoms with van der Waals surface area (Å²) >= 11 is 0. The summed E-state index contributed by atoms with van der Waals surface area (Å²) < 4.78 is 9.30. The first-order valence-corrected chi connectivity index (χ1v) is 2.93. The molecule has 1 rings (SSSR count). The highest BCUT2D eigenvalue weighted by Crippen LogP contribution is 2.16. The van der Waals surface area contributed by atoms with Gasteiger partial charge in [-0.25, -0.2) is 9.79 Å². The second-order valence-corrected chi connectivity index (χ2v) is 2.31. The highest BCUT2D eigenvalue weighted by Gasteiger charge is 2.37. The van der Waals surface area contributed by atoms with E-state index in [0.29, 0.717) is 0 Å². The quantitative estimate of drug-likeness (QED) is 0.484. The average Bonchev–Trinajstić information content (AvgIpc) is 2.36. The van der Waals surface area contributed by atoms with Gasteiger partial charge in [-0.3, -0.25) is 0 Å². The van der Waals surface area contributed by atoms with Crippen LogP contribution >= 0.6 is 0 Å². The van der Waals surface area contributed by atoms with Crippen LogP contribution < -0.4 is 0 Å². The van der Waals surface area contributed by atoms with Crippen LogP contribution in [0.4, 0.5) is 0 Å². The Bertz CT molecular complexity index is 178. The SMILES string of the molecule is COC(=O)[C@]1(C)COC=N1. The van der Waals surface area contributed by atoms with Gasteiger partial charge in [0, 0.05) is 0 Å². The highest BCUT2D eigenvalue weighted by molar-refractivity contribution is 5.83. The predicted octanol–water partition coefficient (Wildman–Crippen LogP) is -0.0234. The van der Waals surface area contributed by atoms with E-state index in [-0.39, 0.29) is 12.6 Å². The molecule has 0 aromatic heterocycles. The maximum absolute atomic E-state index is 10.9. The third-order valence-corrected chi connectivity index (χ3v) is 1.40. The average molecular weight is 143 g/mol. The molecule has 10 heavy (non-hydrogen) atoms. The van der Waals surface area contributed by atoms with Crippen LogP contribution in [0, 0.1) is 0 Å². The Morgan fingerprint density at radius 1 is 1.90 bits per heavy atom. The molecule has 0 unspecified atom stereocenters. The Balaban J connectivity index is 2.68. The van der Waals surface area contributed by atoms with Crippen LogP contribution in [0.1, 0.15) is 6.92 Å². The minimum Gasteiger partial charge on any atom is -0.480 e. The van der Waals surface area contributed by atoms with Crippen molar-refractivity contribution in [2.24, 2.45) is 4.99 Å². The van der Waals surface area contributed by atoms with Crippen molar-refractivity contribution >= 4 is 12.4 Å². The zero-order chi connectivity index (χ0) is 7.61. The molecular weight excluding hydrogens is 134 g/mol. The fourth-order valence-electron chi connectivity index (χ4n) is 0.722. The largest absolute Gasteiger partial charge is 0.480 e. The van der Waals surface area contributed by atoms with E-state index in [9.17, 15) is 4.79 Å². The zero-order valence-corrected chi connectivity index (χ0v) is 5.96. The topological polar surface area (TPSA) is 47.9 Å². The van der Waals surface area contributed by atoms with Crippen LogP contribution in [0.25, 0.3) is 0 Å². The van der Waals surface area contributed by atoms with Gasteiger partial charge in [-0.1, -0.05) is 0 Å². The van der Waals surface area contributed by atoms with Crippen molar-refractivity contribution < 1.29 is 14.3 Å². The van der Waals surface area contributed by atoms with Crippen molar-refractivity contribution in [3.63, 3.8) is 0 Å². The fraction of sp³-hybridized carbons (Fsp3) is 0.667. The molecule has 4 heteroatoms. The van der Waals surface area contributed by atoms with Crippen LogP contribution in [-0.4, -0.2) is 31.6 Å². The Kier molecular flexibility index (Phi) is 1.61. The molecule has 4 nitrogen and oxygen atoms in total. The summed E-state index contributed by atoms with van der Waals surface area (Å²) in [5.74, 6) is -0.360. The second-order valence-electron chi connectivity index (χ2n) is 2.31. The molecule has 0 spiro atoms. The van der Waals surface area contributed by atoms with Gasteiger partial charge in [-0.2, -0.15) is 0 Å². The molecule has 0 radical (unpaired) electrons. The number of aliphatic imine (C=N–C) groups is 1. The first-order valence-electron chi connectivity index (χ1n) is 2.93. The fourth-order valence-corrected chi connectivity index (χ4v) is 0.722. The molecule has 0 saturated heterocycles. The van der Waals surface area contributed by atoms with E-state index >= 15 is 0 Å². The van der Waals surface area contributed by atoms with E-state index in [2.05, 4.69) is 9.73 Å². The first kappa shape index (κ1) is 7.05. The Morgan fingerprint density at radius 3 is 3.00 bits per heavy atom. The van der Waals surface area contributed by atoms with E-state index < -0.39 is 5.54 Å². The van der Waals surface area contributed by atoms with Crippen molar-refractivity contribution in [1.82, 2.24) is 0 Å². The standard InChI is InChI=1S/C6H9NO3/c1-6(5(8)9-2)3-10-4-7-6/h4H,3H2,1-2H3/t6-/m0/s1. The lowest BCUT2D eigenvalue weighted by Crippen LogP contribution is -2.35. The molecule has 0 aromatic carbocycles. The molecule has 0 fully saturated rings. The molecule has 1 atom stereocenters. The third-order valence-electron chi connectivity index (χ3n) is 1.40. The normalized spacial score (nSPS) is 29.8. The van der Waals surface area contributed by atoms with E-state index in [1.807, 2.05) is 0 Å². The van der Waals surface area contributed by atoms with E-state index in [4.69, 9.17) is 4.74 Å². The molecule has 0 bridgehead atoms. The molecule has 0 N–H and O–H groups in total. The molecule has 1 aliphatic rings. The summed E-state index contributed by atoms with van der Waals surface area (Å²) in [4.78, 5) is 14.7. The van der Waals surface area contributed by atoms with Crippen LogP contribution in [0.5, 0.6) is 0 Å². The lowest BCUT2D eigenvalue weighted by atomic mass is 10.1. The summed E-state index contributed by atoms with van der Waals surface area (Å²) in [5, 5.41) is 0. The minimum absolute atomic E-state index is 0.277. The lowest BCUT2D eigenvalue weighted by molar-refractivity contribution is -0.146. The number of hydrogen-bond acceptors (Lipinski definition) is 4. The molecule has 1 heterocycles. The van der Waals surface area contributed by atoms with E-state index in [1.165, 1.54) is 13.5 Å². The number of carbonyl (C=O) groups excluding carboxylic acids is 1. The Hall–Kier alpha value is -1.06. The van der Waals surface area contributed by atoms with Crippen LogP contribution in [0.3, 0.4) is 0 Å². The summed E-state index contributed by atoms with van der Waals surface area (Å²) in [5.41, 5.74) is -0.811. The van der Waals surface area contributed by atoms with E-state index in [1.54, 1.807) is 6.92 Å². The lowest BCUT2D eigenvalue weighted by Gasteiger charge is -2.13. The van der Waals surface area contributed by atoms with Gasteiger partial charge in [-0.05, 0) is 6.92 Å². The van der Waals surface area contributed by atoms with Crippen molar-refractivity contribution in [3.05, 3.63) is 0 Å². The molecule has 0 saturated carbocycles. The number of methoxy groups -OCH3 is 1. The van der Waals surface area contributed by atoms with Crippen molar-refractivity contribution in [2.75, 3.05) is 13.7 Å². The van der Waals surface area contributed by atoms with Gasteiger partial charge in [-0.15, -0.1) is 0 Å². The van der Waals surface area contributed by atoms with Crippen molar-refractivity contribution in [1.29, 1.82) is 0 Å². The maximum atomic E-state index is 10.9. The van der Waals surface area contributed by atoms with Gasteiger partial charge in [0.05, 0.1) is 7.11 Å². The molecule has 0 amide bonds. The number of nitrogens with zero attached hydrogens (tertiary/aromatic N) is 1. The van der Waals surface area contributed by atoms with Gasteiger partial charge in [0.1, 0.15) is 6.61 Å². The van der Waals surface area contributed by atoms with Crippen LogP contribution in [-0.2, 0) is 14.3 Å². The third kappa shape index (κ3) is 0.964. The predicted molar refractivity (Wildman–Crippen MR) is 34.9 cm³/mol. The Labute approximate surface area is 58.8 Å². The van der Waals surface area contributed by atoms with Crippen LogP contribution in [0.2, 0.25) is 0 Å². The number of rotatable bonds is 1. The van der Waals surface area contributed by atoms with Gasteiger partial charge >= 0.3 is 5.97 Å². The van der Waals surface area contributed by atoms with Crippen LogP contribution in [0.15, 0.2) is 4.99 Å². The number of hydrogen-bond donors (Lipinski definition) is 0. The summed E-state index contributed by atoms with van der Waals surface area (Å²) in [6.45, 7) is 1.95. The van der Waals surface area contributed by atoms with Gasteiger partial charge < -0.3 is 9.47 Å². The van der Waals surface area contributed by atoms with Crippen molar-refractivity contribution in [3.8, 4) is 0 Å². The monoisotopic (exact) mass is 143 g/mol. The molecule has 0 aromatic rings. The number of esters is 1. The smallest absolute Gasteiger partial charge is 0.337 e. The summed E-state index contributed by atoms with van der Waals surface area (Å²) in [6, 6.07) is 0. The van der Waals surface area contributed by atoms with E-state index in [0.717, 1.165) is 0 Å². The number of ether oxygens (including phenoxy) is 2. The maximum Gasteiger partial charge on any atom is 0.337 e. The summed E-state index contributed by atoms with van der Waals surface area (Å²) in [7, 11) is 1.33. The van der Waals surface area contributed by atoms with Gasteiger partial charge in [0.15, 0.2) is 11.9 Å². The van der Waals surface area contributed by atoms with Gasteiger partial charge in [0.25, 0.3) is 0 Å². The Morgan fingerprint density at radius 2 is 2.60 bits per heavy atom. The molecular formula is C6H9NO3. The molecule has 0 aliphatic carbocycles. The second kappa shape index (κ2) is 2.28. The van der Waals surface area contributed by atoms with Crippen molar-refractivity contribution in [2.45, 2.75) is 12.5 Å². The first-order chi connectivity index (χ1) is 4.69.